The highest BCUT2D eigenvalue weighted by Crippen LogP contribution is 2.68. The average Bonchev–Trinajstić information content (AvgIpc) is 3.04. The van der Waals surface area contributed by atoms with Crippen LogP contribution in [0.2, 0.25) is 0 Å². The van der Waals surface area contributed by atoms with E-state index in [2.05, 4.69) is 6.92 Å². The van der Waals surface area contributed by atoms with Gasteiger partial charge in [-0.25, -0.2) is 0 Å². The maximum absolute atomic E-state index is 13.2. The molecule has 0 aromatic heterocycles. The second-order valence-electron chi connectivity index (χ2n) is 11.3. The van der Waals surface area contributed by atoms with E-state index in [9.17, 15) is 24.9 Å². The third-order valence-electron chi connectivity index (χ3n) is 9.76. The normalized spacial score (nSPS) is 45.3. The summed E-state index contributed by atoms with van der Waals surface area (Å²) in [4.78, 5) is 25.8. The molecule has 6 heteroatoms. The molecule has 3 fully saturated rings. The van der Waals surface area contributed by atoms with E-state index < -0.39 is 35.6 Å². The van der Waals surface area contributed by atoms with E-state index in [1.165, 1.54) is 5.57 Å². The Labute approximate surface area is 191 Å². The Balaban J connectivity index is 1.69. The van der Waals surface area contributed by atoms with Gasteiger partial charge in [-0.15, -0.1) is 0 Å². The second kappa shape index (κ2) is 8.52. The van der Waals surface area contributed by atoms with Gasteiger partial charge in [0.15, 0.2) is 5.60 Å². The lowest BCUT2D eigenvalue weighted by Crippen LogP contribution is -2.63. The number of hydrogen-bond acceptors (Lipinski definition) is 6. The third-order valence-corrected chi connectivity index (χ3v) is 9.76. The number of esters is 1. The Morgan fingerprint density at radius 3 is 2.59 bits per heavy atom. The molecule has 4 aliphatic rings. The van der Waals surface area contributed by atoms with Crippen molar-refractivity contribution in [1.82, 2.24) is 0 Å². The van der Waals surface area contributed by atoms with Gasteiger partial charge in [-0.05, 0) is 74.5 Å². The molecular formula is C26H40O6. The molecule has 0 heterocycles. The van der Waals surface area contributed by atoms with E-state index in [1.54, 1.807) is 0 Å². The van der Waals surface area contributed by atoms with Crippen LogP contribution in [0, 0.1) is 28.6 Å². The highest BCUT2D eigenvalue weighted by Gasteiger charge is 2.70. The zero-order valence-corrected chi connectivity index (χ0v) is 19.8. The summed E-state index contributed by atoms with van der Waals surface area (Å²) in [5.74, 6) is -0.362. The molecule has 0 radical (unpaired) electrons. The zero-order valence-electron chi connectivity index (χ0n) is 19.8. The molecule has 180 valence electrons. The van der Waals surface area contributed by atoms with E-state index in [0.29, 0.717) is 25.7 Å². The predicted octanol–water partition coefficient (Wildman–Crippen LogP) is 3.31. The van der Waals surface area contributed by atoms with Gasteiger partial charge in [-0.2, -0.15) is 0 Å². The van der Waals surface area contributed by atoms with Crippen molar-refractivity contribution in [2.24, 2.45) is 28.6 Å². The summed E-state index contributed by atoms with van der Waals surface area (Å²) < 4.78 is 6.00. The SMILES string of the molecule is CCCCC(=O)O[C@]1(C(=O)CO)CC[C@H]2[C@@H]3CCC4=CC(O)CC[C@]4(C)[C@H]3[C@@H](O)C[C@@]21C. The van der Waals surface area contributed by atoms with Crippen LogP contribution in [0.25, 0.3) is 0 Å². The van der Waals surface area contributed by atoms with Crippen LogP contribution < -0.4 is 0 Å². The molecule has 6 nitrogen and oxygen atoms in total. The number of carbonyl (C=O) groups is 2. The van der Waals surface area contributed by atoms with Gasteiger partial charge in [0, 0.05) is 11.8 Å². The van der Waals surface area contributed by atoms with Crippen molar-refractivity contribution < 1.29 is 29.6 Å². The molecule has 4 aliphatic carbocycles. The molecule has 0 aromatic rings. The highest BCUT2D eigenvalue weighted by molar-refractivity contribution is 5.92. The number of allylic oxidation sites excluding steroid dienone is 1. The van der Waals surface area contributed by atoms with E-state index >= 15 is 0 Å². The van der Waals surface area contributed by atoms with Gasteiger partial charge in [0.05, 0.1) is 12.2 Å². The van der Waals surface area contributed by atoms with Gasteiger partial charge in [-0.3, -0.25) is 9.59 Å². The molecule has 3 saturated carbocycles. The molecule has 0 spiro atoms. The van der Waals surface area contributed by atoms with Crippen LogP contribution in [-0.2, 0) is 14.3 Å². The molecule has 3 N–H and O–H groups in total. The maximum Gasteiger partial charge on any atom is 0.306 e. The van der Waals surface area contributed by atoms with Crippen LogP contribution in [0.3, 0.4) is 0 Å². The highest BCUT2D eigenvalue weighted by atomic mass is 16.6. The smallest absolute Gasteiger partial charge is 0.306 e. The largest absolute Gasteiger partial charge is 0.450 e. The van der Waals surface area contributed by atoms with Gasteiger partial charge in [-0.1, -0.05) is 38.8 Å². The number of aliphatic hydroxyl groups is 3. The van der Waals surface area contributed by atoms with Gasteiger partial charge in [0.25, 0.3) is 0 Å². The summed E-state index contributed by atoms with van der Waals surface area (Å²) in [6.45, 7) is 5.58. The molecule has 0 amide bonds. The molecule has 0 bridgehead atoms. The van der Waals surface area contributed by atoms with Crippen molar-refractivity contribution >= 4 is 11.8 Å². The average molecular weight is 449 g/mol. The van der Waals surface area contributed by atoms with Gasteiger partial charge in [0.2, 0.25) is 5.78 Å². The lowest BCUT2D eigenvalue weighted by molar-refractivity contribution is -0.202. The maximum atomic E-state index is 13.2. The van der Waals surface area contributed by atoms with Crippen molar-refractivity contribution in [1.29, 1.82) is 0 Å². The Kier molecular flexibility index (Phi) is 6.36. The van der Waals surface area contributed by atoms with Crippen molar-refractivity contribution in [2.75, 3.05) is 6.61 Å². The topological polar surface area (TPSA) is 104 Å². The first-order valence-corrected chi connectivity index (χ1v) is 12.6. The second-order valence-corrected chi connectivity index (χ2v) is 11.3. The molecule has 8 atom stereocenters. The number of fused-ring (bicyclic) bond motifs is 5. The Morgan fingerprint density at radius 2 is 1.91 bits per heavy atom. The van der Waals surface area contributed by atoms with E-state index in [1.807, 2.05) is 19.9 Å². The number of hydrogen-bond donors (Lipinski definition) is 3. The number of unbranched alkanes of at least 4 members (excludes halogenated alkanes) is 1. The molecule has 32 heavy (non-hydrogen) atoms. The summed E-state index contributed by atoms with van der Waals surface area (Å²) in [5, 5.41) is 31.6. The monoisotopic (exact) mass is 448 g/mol. The zero-order chi connectivity index (χ0) is 23.3. The number of Topliss-reactive ketones (excluding diaryl/α,β-unsaturated/α-hetero) is 1. The molecule has 0 saturated heterocycles. The van der Waals surface area contributed by atoms with Crippen molar-refractivity contribution in [3.05, 3.63) is 11.6 Å². The van der Waals surface area contributed by atoms with Crippen LogP contribution in [-0.4, -0.2) is 51.5 Å². The fourth-order valence-corrected chi connectivity index (χ4v) is 8.20. The Morgan fingerprint density at radius 1 is 1.16 bits per heavy atom. The first kappa shape index (κ1) is 23.9. The first-order chi connectivity index (χ1) is 15.1. The fraction of sp³-hybridized carbons (Fsp3) is 0.846. The minimum Gasteiger partial charge on any atom is -0.450 e. The number of ether oxygens (including phenoxy) is 1. The van der Waals surface area contributed by atoms with Gasteiger partial charge < -0.3 is 20.1 Å². The number of carbonyl (C=O) groups excluding carboxylic acids is 2. The lowest BCUT2D eigenvalue weighted by atomic mass is 9.45. The van der Waals surface area contributed by atoms with Crippen LogP contribution in [0.15, 0.2) is 11.6 Å². The molecule has 0 aromatic carbocycles. The van der Waals surface area contributed by atoms with E-state index in [0.717, 1.165) is 32.1 Å². The standard InChI is InChI=1S/C26H40O6/c1-4-5-6-22(31)32-26(21(30)15-27)12-10-19-18-8-7-16-13-17(28)9-11-24(16,2)23(18)20(29)14-25(19,26)3/h13,17-20,23,27-29H,4-12,14-15H2,1-3H3/t17?,18-,19-,20-,23+,24-,25-,26-/m0/s1. The quantitative estimate of drug-likeness (QED) is 0.425. The molecule has 0 aliphatic heterocycles. The summed E-state index contributed by atoms with van der Waals surface area (Å²) in [6, 6.07) is 0. The molecule has 1 unspecified atom stereocenters. The van der Waals surface area contributed by atoms with Gasteiger partial charge >= 0.3 is 5.97 Å². The van der Waals surface area contributed by atoms with Crippen molar-refractivity contribution in [3.63, 3.8) is 0 Å². The number of rotatable bonds is 6. The Bertz CT molecular complexity index is 791. The van der Waals surface area contributed by atoms with Crippen LogP contribution in [0.5, 0.6) is 0 Å². The summed E-state index contributed by atoms with van der Waals surface area (Å²) in [6.07, 6.45) is 7.74. The predicted molar refractivity (Wildman–Crippen MR) is 120 cm³/mol. The summed E-state index contributed by atoms with van der Waals surface area (Å²) >= 11 is 0. The Hall–Kier alpha value is -1.24. The minimum atomic E-state index is -1.36. The first-order valence-electron chi connectivity index (χ1n) is 12.6. The van der Waals surface area contributed by atoms with Crippen LogP contribution in [0.4, 0.5) is 0 Å². The van der Waals surface area contributed by atoms with Crippen LogP contribution in [0.1, 0.15) is 85.0 Å². The minimum absolute atomic E-state index is 0.0731. The van der Waals surface area contributed by atoms with E-state index in [4.69, 9.17) is 4.74 Å². The third kappa shape index (κ3) is 3.40. The summed E-state index contributed by atoms with van der Waals surface area (Å²) in [5.41, 5.74) is -0.932. The van der Waals surface area contributed by atoms with E-state index in [-0.39, 0.29) is 35.6 Å². The lowest BCUT2D eigenvalue weighted by Gasteiger charge is -2.61. The van der Waals surface area contributed by atoms with Crippen LogP contribution >= 0.6 is 0 Å². The number of aliphatic hydroxyl groups excluding tert-OH is 3. The van der Waals surface area contributed by atoms with Gasteiger partial charge in [0.1, 0.15) is 6.61 Å². The molecule has 4 rings (SSSR count). The fourth-order valence-electron chi connectivity index (χ4n) is 8.20. The summed E-state index contributed by atoms with van der Waals surface area (Å²) in [7, 11) is 0. The van der Waals surface area contributed by atoms with Crippen molar-refractivity contribution in [3.8, 4) is 0 Å². The molecular weight excluding hydrogens is 408 g/mol. The number of ketones is 1. The van der Waals surface area contributed by atoms with Crippen molar-refractivity contribution in [2.45, 2.75) is 103 Å².